The molecule has 0 saturated carbocycles. The van der Waals surface area contributed by atoms with Crippen LogP contribution in [-0.4, -0.2) is 46.8 Å². The van der Waals surface area contributed by atoms with Crippen LogP contribution in [0.15, 0.2) is 24.3 Å². The van der Waals surface area contributed by atoms with Crippen LogP contribution in [0.3, 0.4) is 0 Å². The van der Waals surface area contributed by atoms with E-state index in [9.17, 15) is 4.79 Å². The first-order valence-electron chi connectivity index (χ1n) is 9.33. The number of nitrogens with one attached hydrogen (secondary N) is 2. The second-order valence-electron chi connectivity index (χ2n) is 7.19. The molecule has 0 spiro atoms. The number of benzene rings is 1. The molecule has 2 aromatic rings. The number of aliphatic hydroxyl groups is 1. The lowest BCUT2D eigenvalue weighted by Gasteiger charge is -2.33. The zero-order chi connectivity index (χ0) is 17.8. The number of carbonyl (C=O) groups excluding carboxylic acids is 1. The van der Waals surface area contributed by atoms with Crippen LogP contribution in [-0.2, 0) is 0 Å². The van der Waals surface area contributed by atoms with Crippen molar-refractivity contribution in [3.8, 4) is 0 Å². The predicted molar refractivity (Wildman–Crippen MR) is 101 cm³/mol. The van der Waals surface area contributed by atoms with E-state index in [0.717, 1.165) is 38.8 Å². The summed E-state index contributed by atoms with van der Waals surface area (Å²) in [6, 6.07) is 8.61. The maximum Gasteiger partial charge on any atom is 0.317 e. The molecule has 1 aromatic heterocycles. The lowest BCUT2D eigenvalue weighted by Crippen LogP contribution is -2.47. The van der Waals surface area contributed by atoms with Crippen LogP contribution in [0.5, 0.6) is 0 Å². The van der Waals surface area contributed by atoms with Gasteiger partial charge < -0.3 is 20.3 Å². The van der Waals surface area contributed by atoms with E-state index in [1.807, 2.05) is 11.8 Å². The Morgan fingerprint density at radius 3 is 2.80 bits per heavy atom. The fourth-order valence-electron chi connectivity index (χ4n) is 3.97. The van der Waals surface area contributed by atoms with Gasteiger partial charge in [0.2, 0.25) is 0 Å². The maximum absolute atomic E-state index is 12.4. The van der Waals surface area contributed by atoms with E-state index in [1.165, 1.54) is 22.2 Å². The molecule has 0 radical (unpaired) electrons. The average Bonchev–Trinajstić information content (AvgIpc) is 2.95. The Hall–Kier alpha value is -2.01. The highest BCUT2D eigenvalue weighted by Crippen LogP contribution is 2.35. The monoisotopic (exact) mass is 343 g/mol. The molecule has 0 aliphatic carbocycles. The van der Waals surface area contributed by atoms with Gasteiger partial charge in [0.25, 0.3) is 0 Å². The second kappa shape index (κ2) is 7.91. The fraction of sp³-hybridized carbons (Fsp3) is 0.550. The number of rotatable bonds is 5. The van der Waals surface area contributed by atoms with Gasteiger partial charge in [-0.2, -0.15) is 0 Å². The Labute approximate surface area is 149 Å². The second-order valence-corrected chi connectivity index (χ2v) is 7.19. The van der Waals surface area contributed by atoms with Crippen molar-refractivity contribution in [2.24, 2.45) is 0 Å². The van der Waals surface area contributed by atoms with Gasteiger partial charge in [0.05, 0.1) is 0 Å². The number of carbonyl (C=O) groups is 1. The number of urea groups is 1. The van der Waals surface area contributed by atoms with Crippen LogP contribution in [0.2, 0.25) is 0 Å². The van der Waals surface area contributed by atoms with Crippen molar-refractivity contribution in [1.82, 2.24) is 15.2 Å². The third-order valence-corrected chi connectivity index (χ3v) is 5.30. The topological polar surface area (TPSA) is 68.4 Å². The van der Waals surface area contributed by atoms with Crippen molar-refractivity contribution in [2.75, 3.05) is 19.7 Å². The minimum atomic E-state index is 0.0274. The summed E-state index contributed by atoms with van der Waals surface area (Å²) in [5.74, 6) is 0.506. The lowest BCUT2D eigenvalue weighted by molar-refractivity contribution is 0.177. The number of aromatic nitrogens is 1. The molecule has 1 aliphatic heterocycles. The quantitative estimate of drug-likeness (QED) is 0.777. The first kappa shape index (κ1) is 17.8. The number of nitrogens with zero attached hydrogens (tertiary/aromatic N) is 1. The molecule has 3 N–H and O–H groups in total. The van der Waals surface area contributed by atoms with Crippen molar-refractivity contribution in [3.63, 3.8) is 0 Å². The van der Waals surface area contributed by atoms with E-state index >= 15 is 0 Å². The van der Waals surface area contributed by atoms with E-state index in [0.29, 0.717) is 5.92 Å². The summed E-state index contributed by atoms with van der Waals surface area (Å²) < 4.78 is 0. The van der Waals surface area contributed by atoms with Crippen molar-refractivity contribution in [2.45, 2.75) is 51.5 Å². The summed E-state index contributed by atoms with van der Waals surface area (Å²) >= 11 is 0. The number of para-hydroxylation sites is 1. The highest BCUT2D eigenvalue weighted by Gasteiger charge is 2.27. The summed E-state index contributed by atoms with van der Waals surface area (Å²) in [5, 5.41) is 13.3. The molecule has 3 rings (SSSR count). The van der Waals surface area contributed by atoms with Gasteiger partial charge in [-0.3, -0.25) is 0 Å². The number of piperidine rings is 1. The van der Waals surface area contributed by atoms with Gasteiger partial charge in [-0.1, -0.05) is 18.2 Å². The van der Waals surface area contributed by atoms with Gasteiger partial charge >= 0.3 is 6.03 Å². The zero-order valence-corrected chi connectivity index (χ0v) is 15.2. The molecule has 1 atom stereocenters. The maximum atomic E-state index is 12.4. The molecule has 5 heteroatoms. The van der Waals surface area contributed by atoms with Crippen LogP contribution < -0.4 is 5.32 Å². The van der Waals surface area contributed by atoms with Crippen LogP contribution >= 0.6 is 0 Å². The van der Waals surface area contributed by atoms with Crippen LogP contribution in [0, 0.1) is 6.92 Å². The van der Waals surface area contributed by atoms with Gasteiger partial charge in [-0.15, -0.1) is 0 Å². The van der Waals surface area contributed by atoms with Gasteiger partial charge in [0.1, 0.15) is 0 Å². The van der Waals surface area contributed by atoms with E-state index in [4.69, 9.17) is 5.11 Å². The summed E-state index contributed by atoms with van der Waals surface area (Å²) in [5.41, 5.74) is 3.88. The lowest BCUT2D eigenvalue weighted by atomic mass is 9.87. The Kier molecular flexibility index (Phi) is 5.63. The number of hydrogen-bond acceptors (Lipinski definition) is 2. The molecular formula is C20H29N3O2. The van der Waals surface area contributed by atoms with E-state index in [-0.39, 0.29) is 18.7 Å². The van der Waals surface area contributed by atoms with Gasteiger partial charge in [-0.05, 0) is 57.1 Å². The molecule has 1 aromatic carbocycles. The van der Waals surface area contributed by atoms with Crippen LogP contribution in [0.4, 0.5) is 4.79 Å². The summed E-state index contributed by atoms with van der Waals surface area (Å²) in [6.07, 6.45) is 3.54. The molecule has 1 fully saturated rings. The number of likely N-dealkylation sites (tertiary alicyclic amines) is 1. The number of hydrogen-bond donors (Lipinski definition) is 3. The smallest absolute Gasteiger partial charge is 0.317 e. The molecule has 1 aliphatic rings. The Bertz CT molecular complexity index is 717. The Morgan fingerprint density at radius 1 is 1.36 bits per heavy atom. The molecule has 1 unspecified atom stereocenters. The highest BCUT2D eigenvalue weighted by molar-refractivity contribution is 5.85. The van der Waals surface area contributed by atoms with Crippen LogP contribution in [0.25, 0.3) is 10.9 Å². The first-order valence-corrected chi connectivity index (χ1v) is 9.33. The number of aromatic amines is 1. The number of aryl methyl sites for hydroxylation is 1. The third-order valence-electron chi connectivity index (χ3n) is 5.30. The van der Waals surface area contributed by atoms with Gasteiger partial charge in [-0.25, -0.2) is 4.79 Å². The highest BCUT2D eigenvalue weighted by atomic mass is 16.3. The Balaban J connectivity index is 1.60. The van der Waals surface area contributed by atoms with Crippen molar-refractivity contribution >= 4 is 16.9 Å². The molecule has 136 valence electrons. The minimum absolute atomic E-state index is 0.0274. The summed E-state index contributed by atoms with van der Waals surface area (Å²) in [7, 11) is 0. The molecule has 2 heterocycles. The van der Waals surface area contributed by atoms with Crippen molar-refractivity contribution in [1.29, 1.82) is 0 Å². The number of fused-ring (bicyclic) bond motifs is 1. The molecule has 25 heavy (non-hydrogen) atoms. The standard InChI is InChI=1S/C20H29N3O2/c1-14(6-5-13-24)21-20(25)23-11-9-16(10-12-23)19-15(2)22-18-8-4-3-7-17(18)19/h3-4,7-8,14,16,22,24H,5-6,9-13H2,1-2H3,(H,21,25). The van der Waals surface area contributed by atoms with Crippen LogP contribution in [0.1, 0.15) is 49.8 Å². The molecule has 1 saturated heterocycles. The molecule has 5 nitrogen and oxygen atoms in total. The largest absolute Gasteiger partial charge is 0.396 e. The Morgan fingerprint density at radius 2 is 2.08 bits per heavy atom. The predicted octanol–water partition coefficient (Wildman–Crippen LogP) is 3.53. The molecule has 2 amide bonds. The molecule has 0 bridgehead atoms. The zero-order valence-electron chi connectivity index (χ0n) is 15.2. The first-order chi connectivity index (χ1) is 12.1. The fourth-order valence-corrected chi connectivity index (χ4v) is 3.97. The van der Waals surface area contributed by atoms with Gasteiger partial charge in [0, 0.05) is 42.3 Å². The van der Waals surface area contributed by atoms with Gasteiger partial charge in [0.15, 0.2) is 0 Å². The van der Waals surface area contributed by atoms with Crippen molar-refractivity contribution < 1.29 is 9.90 Å². The average molecular weight is 343 g/mol. The summed E-state index contributed by atoms with van der Waals surface area (Å²) in [6.45, 7) is 5.91. The normalized spacial score (nSPS) is 17.0. The van der Waals surface area contributed by atoms with E-state index in [2.05, 4.69) is 41.5 Å². The van der Waals surface area contributed by atoms with Crippen molar-refractivity contribution in [3.05, 3.63) is 35.5 Å². The third kappa shape index (κ3) is 3.98. The molecular weight excluding hydrogens is 314 g/mol. The van der Waals surface area contributed by atoms with E-state index in [1.54, 1.807) is 0 Å². The minimum Gasteiger partial charge on any atom is -0.396 e. The van der Waals surface area contributed by atoms with E-state index < -0.39 is 0 Å². The number of amides is 2. The number of H-pyrrole nitrogens is 1. The SMILES string of the molecule is Cc1[nH]c2ccccc2c1C1CCN(C(=O)NC(C)CCCO)CC1. The number of aliphatic hydroxyl groups excluding tert-OH is 1. The summed E-state index contributed by atoms with van der Waals surface area (Å²) in [4.78, 5) is 17.8.